The van der Waals surface area contributed by atoms with Crippen molar-refractivity contribution < 1.29 is 4.74 Å². The van der Waals surface area contributed by atoms with E-state index < -0.39 is 0 Å². The van der Waals surface area contributed by atoms with Crippen molar-refractivity contribution in [3.05, 3.63) is 28.8 Å². The number of rotatable bonds is 5. The van der Waals surface area contributed by atoms with Crippen LogP contribution >= 0.6 is 11.6 Å². The van der Waals surface area contributed by atoms with Crippen molar-refractivity contribution in [1.29, 1.82) is 0 Å². The molecule has 1 saturated heterocycles. The summed E-state index contributed by atoms with van der Waals surface area (Å²) in [6.45, 7) is 4.76. The molecule has 1 aliphatic rings. The summed E-state index contributed by atoms with van der Waals surface area (Å²) >= 11 is 6.26. The lowest BCUT2D eigenvalue weighted by molar-refractivity contribution is 0.161. The second kappa shape index (κ2) is 5.91. The van der Waals surface area contributed by atoms with Gasteiger partial charge in [0.05, 0.1) is 11.6 Å². The van der Waals surface area contributed by atoms with Crippen LogP contribution in [0.2, 0.25) is 5.02 Å². The third-order valence-electron chi connectivity index (χ3n) is 3.41. The summed E-state index contributed by atoms with van der Waals surface area (Å²) in [6, 6.07) is 6.55. The molecule has 0 aromatic heterocycles. The summed E-state index contributed by atoms with van der Waals surface area (Å²) in [5.41, 5.74) is 1.26. The molecule has 100 valence electrons. The fourth-order valence-electron chi connectivity index (χ4n) is 2.50. The van der Waals surface area contributed by atoms with Crippen LogP contribution in [0.15, 0.2) is 18.2 Å². The van der Waals surface area contributed by atoms with Gasteiger partial charge >= 0.3 is 0 Å². The minimum atomic E-state index is 0.416. The number of halogens is 1. The second-order valence-corrected chi connectivity index (χ2v) is 5.36. The second-order valence-electron chi connectivity index (χ2n) is 4.95. The van der Waals surface area contributed by atoms with E-state index in [1.807, 2.05) is 19.1 Å². The molecule has 1 fully saturated rings. The average Bonchev–Trinajstić information content (AvgIpc) is 2.26. The molecule has 1 heterocycles. The summed E-state index contributed by atoms with van der Waals surface area (Å²) in [6.07, 6.45) is 0. The van der Waals surface area contributed by atoms with Crippen LogP contribution in [0.4, 0.5) is 0 Å². The van der Waals surface area contributed by atoms with E-state index >= 15 is 0 Å². The van der Waals surface area contributed by atoms with Crippen molar-refractivity contribution in [3.8, 4) is 5.75 Å². The lowest BCUT2D eigenvalue weighted by Crippen LogP contribution is -2.48. The van der Waals surface area contributed by atoms with Crippen molar-refractivity contribution in [3.63, 3.8) is 0 Å². The zero-order valence-corrected chi connectivity index (χ0v) is 12.0. The van der Waals surface area contributed by atoms with Crippen LogP contribution in [-0.2, 0) is 0 Å². The minimum absolute atomic E-state index is 0.416. The Morgan fingerprint density at radius 1 is 1.44 bits per heavy atom. The molecular weight excluding hydrogens is 248 g/mol. The van der Waals surface area contributed by atoms with Crippen molar-refractivity contribution in [2.75, 3.05) is 33.8 Å². The first-order valence-electron chi connectivity index (χ1n) is 6.43. The SMILES string of the molecule is CCOc1ccc(C(C2CNC2)N(C)C)cc1Cl. The Hall–Kier alpha value is -0.770. The Kier molecular flexibility index (Phi) is 4.49. The summed E-state index contributed by atoms with van der Waals surface area (Å²) in [5, 5.41) is 4.03. The van der Waals surface area contributed by atoms with Crippen LogP contribution in [0.1, 0.15) is 18.5 Å². The Labute approximate surface area is 114 Å². The van der Waals surface area contributed by atoms with Crippen LogP contribution in [0.3, 0.4) is 0 Å². The molecular formula is C14H21ClN2O. The summed E-state index contributed by atoms with van der Waals surface area (Å²) in [7, 11) is 4.24. The van der Waals surface area contributed by atoms with Gasteiger partial charge in [0.1, 0.15) is 5.75 Å². The molecule has 1 aromatic carbocycles. The molecule has 2 rings (SSSR count). The van der Waals surface area contributed by atoms with Gasteiger partial charge in [-0.1, -0.05) is 17.7 Å². The van der Waals surface area contributed by atoms with Gasteiger partial charge in [-0.15, -0.1) is 0 Å². The zero-order chi connectivity index (χ0) is 13.1. The van der Waals surface area contributed by atoms with Crippen molar-refractivity contribution >= 4 is 11.6 Å². The van der Waals surface area contributed by atoms with E-state index in [4.69, 9.17) is 16.3 Å². The van der Waals surface area contributed by atoms with Gasteiger partial charge in [0.2, 0.25) is 0 Å². The number of hydrogen-bond donors (Lipinski definition) is 1. The van der Waals surface area contributed by atoms with Gasteiger partial charge in [0.15, 0.2) is 0 Å². The van der Waals surface area contributed by atoms with Gasteiger partial charge in [-0.05, 0) is 38.7 Å². The maximum absolute atomic E-state index is 6.26. The quantitative estimate of drug-likeness (QED) is 0.888. The van der Waals surface area contributed by atoms with Gasteiger partial charge in [-0.25, -0.2) is 0 Å². The molecule has 0 amide bonds. The van der Waals surface area contributed by atoms with E-state index in [2.05, 4.69) is 30.4 Å². The highest BCUT2D eigenvalue weighted by Gasteiger charge is 2.30. The summed E-state index contributed by atoms with van der Waals surface area (Å²) in [4.78, 5) is 2.26. The molecule has 1 aromatic rings. The molecule has 1 aliphatic heterocycles. The van der Waals surface area contributed by atoms with Gasteiger partial charge in [-0.3, -0.25) is 0 Å². The smallest absolute Gasteiger partial charge is 0.137 e. The third kappa shape index (κ3) is 2.79. The van der Waals surface area contributed by atoms with E-state index in [1.165, 1.54) is 5.56 Å². The minimum Gasteiger partial charge on any atom is -0.492 e. The predicted octanol–water partition coefficient (Wildman–Crippen LogP) is 2.56. The van der Waals surface area contributed by atoms with E-state index in [-0.39, 0.29) is 0 Å². The molecule has 0 aliphatic carbocycles. The molecule has 0 saturated carbocycles. The fourth-order valence-corrected chi connectivity index (χ4v) is 2.74. The molecule has 1 unspecified atom stereocenters. The number of nitrogens with zero attached hydrogens (tertiary/aromatic N) is 1. The molecule has 1 N–H and O–H groups in total. The Bertz CT molecular complexity index is 405. The van der Waals surface area contributed by atoms with Gasteiger partial charge in [-0.2, -0.15) is 0 Å². The van der Waals surface area contributed by atoms with Crippen LogP contribution < -0.4 is 10.1 Å². The largest absolute Gasteiger partial charge is 0.492 e. The highest BCUT2D eigenvalue weighted by atomic mass is 35.5. The Morgan fingerprint density at radius 3 is 2.61 bits per heavy atom. The topological polar surface area (TPSA) is 24.5 Å². The third-order valence-corrected chi connectivity index (χ3v) is 3.71. The maximum atomic E-state index is 6.26. The van der Waals surface area contributed by atoms with E-state index in [9.17, 15) is 0 Å². The standard InChI is InChI=1S/C14H21ClN2O/c1-4-18-13-6-5-10(7-12(13)15)14(17(2)3)11-8-16-9-11/h5-7,11,14,16H,4,8-9H2,1-3H3. The van der Waals surface area contributed by atoms with Crippen LogP contribution in [0, 0.1) is 5.92 Å². The number of benzene rings is 1. The molecule has 18 heavy (non-hydrogen) atoms. The van der Waals surface area contributed by atoms with Crippen molar-refractivity contribution in [1.82, 2.24) is 10.2 Å². The molecule has 3 nitrogen and oxygen atoms in total. The van der Waals surface area contributed by atoms with E-state index in [0.717, 1.165) is 18.8 Å². The number of nitrogens with one attached hydrogen (secondary N) is 1. The highest BCUT2D eigenvalue weighted by molar-refractivity contribution is 6.32. The highest BCUT2D eigenvalue weighted by Crippen LogP contribution is 2.34. The molecule has 0 bridgehead atoms. The monoisotopic (exact) mass is 268 g/mol. The first-order chi connectivity index (χ1) is 8.63. The van der Waals surface area contributed by atoms with Crippen LogP contribution in [-0.4, -0.2) is 38.7 Å². The predicted molar refractivity (Wildman–Crippen MR) is 75.4 cm³/mol. The lowest BCUT2D eigenvalue weighted by Gasteiger charge is -2.39. The van der Waals surface area contributed by atoms with Crippen LogP contribution in [0.5, 0.6) is 5.75 Å². The maximum Gasteiger partial charge on any atom is 0.137 e. The normalized spacial score (nSPS) is 17.6. The lowest BCUT2D eigenvalue weighted by atomic mass is 9.88. The van der Waals surface area contributed by atoms with E-state index in [0.29, 0.717) is 23.6 Å². The fraction of sp³-hybridized carbons (Fsp3) is 0.571. The molecule has 0 spiro atoms. The molecule has 4 heteroatoms. The molecule has 0 radical (unpaired) electrons. The Morgan fingerprint density at radius 2 is 2.17 bits per heavy atom. The van der Waals surface area contributed by atoms with Gasteiger partial charge in [0, 0.05) is 25.0 Å². The van der Waals surface area contributed by atoms with Crippen molar-refractivity contribution in [2.24, 2.45) is 5.92 Å². The summed E-state index contributed by atoms with van der Waals surface area (Å²) < 4.78 is 5.47. The summed E-state index contributed by atoms with van der Waals surface area (Å²) in [5.74, 6) is 1.43. The van der Waals surface area contributed by atoms with Crippen molar-refractivity contribution in [2.45, 2.75) is 13.0 Å². The number of ether oxygens (including phenoxy) is 1. The number of hydrogen-bond acceptors (Lipinski definition) is 3. The molecule has 1 atom stereocenters. The van der Waals surface area contributed by atoms with Gasteiger partial charge < -0.3 is 15.0 Å². The van der Waals surface area contributed by atoms with E-state index in [1.54, 1.807) is 0 Å². The van der Waals surface area contributed by atoms with Gasteiger partial charge in [0.25, 0.3) is 0 Å². The average molecular weight is 269 g/mol. The Balaban J connectivity index is 2.22. The zero-order valence-electron chi connectivity index (χ0n) is 11.2. The first kappa shape index (κ1) is 13.7. The first-order valence-corrected chi connectivity index (χ1v) is 6.80. The van der Waals surface area contributed by atoms with Crippen LogP contribution in [0.25, 0.3) is 0 Å².